The number of rotatable bonds is 5. The van der Waals surface area contributed by atoms with Crippen molar-refractivity contribution in [1.29, 1.82) is 0 Å². The van der Waals surface area contributed by atoms with Gasteiger partial charge in [0.15, 0.2) is 16.8 Å². The lowest BCUT2D eigenvalue weighted by molar-refractivity contribution is -0.0422. The number of carbonyl (C=O) groups is 2. The monoisotopic (exact) mass is 436 g/mol. The summed E-state index contributed by atoms with van der Waals surface area (Å²) in [6, 6.07) is 16.7. The molecule has 1 aliphatic heterocycles. The molecular formula is C20H18BrFO5. The number of benzene rings is 2. The van der Waals surface area contributed by atoms with Gasteiger partial charge in [-0.15, -0.1) is 0 Å². The van der Waals surface area contributed by atoms with Crippen molar-refractivity contribution in [3.63, 3.8) is 0 Å². The maximum absolute atomic E-state index is 15.1. The lowest BCUT2D eigenvalue weighted by Crippen LogP contribution is -2.44. The number of alkyl halides is 2. The maximum atomic E-state index is 15.1. The lowest BCUT2D eigenvalue weighted by Gasteiger charge is -2.25. The fourth-order valence-electron chi connectivity index (χ4n) is 2.74. The van der Waals surface area contributed by atoms with Gasteiger partial charge in [-0.3, -0.25) is 0 Å². The van der Waals surface area contributed by atoms with E-state index in [9.17, 15) is 9.59 Å². The Morgan fingerprint density at radius 1 is 1.04 bits per heavy atom. The molecule has 2 aromatic carbocycles. The summed E-state index contributed by atoms with van der Waals surface area (Å²) in [5.74, 6) is -1.24. The largest absolute Gasteiger partial charge is 0.459 e. The normalized spacial score (nSPS) is 27.1. The second-order valence-electron chi connectivity index (χ2n) is 6.30. The minimum absolute atomic E-state index is 0.248. The van der Waals surface area contributed by atoms with Crippen LogP contribution in [0.1, 0.15) is 27.6 Å². The van der Waals surface area contributed by atoms with Crippen molar-refractivity contribution >= 4 is 27.9 Å². The van der Waals surface area contributed by atoms with E-state index in [1.165, 1.54) is 6.92 Å². The number of carbonyl (C=O) groups excluding carboxylic acids is 2. The molecule has 0 radical (unpaired) electrons. The molecule has 2 aromatic rings. The van der Waals surface area contributed by atoms with E-state index >= 15 is 4.39 Å². The summed E-state index contributed by atoms with van der Waals surface area (Å²) in [6.07, 6.45) is -2.18. The van der Waals surface area contributed by atoms with Gasteiger partial charge in [0.25, 0.3) is 0 Å². The SMILES string of the molecule is C[C@@]1(F)C(Br)O[C@@H](COC(=O)c2ccccc2)[C@@H]1OC(=O)c1ccccc1. The Morgan fingerprint density at radius 3 is 2.11 bits per heavy atom. The molecule has 1 fully saturated rings. The van der Waals surface area contributed by atoms with Gasteiger partial charge in [-0.05, 0) is 31.2 Å². The van der Waals surface area contributed by atoms with Crippen LogP contribution in [0, 0.1) is 0 Å². The number of halogens is 2. The molecule has 1 saturated heterocycles. The van der Waals surface area contributed by atoms with E-state index < -0.39 is 34.8 Å². The second-order valence-corrected chi connectivity index (χ2v) is 7.13. The number of esters is 2. The summed E-state index contributed by atoms with van der Waals surface area (Å²) in [5, 5.41) is -1.00. The van der Waals surface area contributed by atoms with Gasteiger partial charge in [-0.1, -0.05) is 52.3 Å². The first-order chi connectivity index (χ1) is 12.9. The van der Waals surface area contributed by atoms with Gasteiger partial charge in [0.2, 0.25) is 0 Å². The Labute approximate surface area is 164 Å². The van der Waals surface area contributed by atoms with Gasteiger partial charge in [-0.25, -0.2) is 14.0 Å². The molecule has 4 atom stereocenters. The van der Waals surface area contributed by atoms with Gasteiger partial charge in [0.1, 0.15) is 12.7 Å². The zero-order chi connectivity index (χ0) is 19.4. The minimum Gasteiger partial charge on any atom is -0.459 e. The fourth-order valence-corrected chi connectivity index (χ4v) is 3.28. The van der Waals surface area contributed by atoms with E-state index in [-0.39, 0.29) is 6.61 Å². The topological polar surface area (TPSA) is 61.8 Å². The van der Waals surface area contributed by atoms with Crippen LogP contribution in [0.25, 0.3) is 0 Å². The lowest BCUT2D eigenvalue weighted by atomic mass is 10.0. The third kappa shape index (κ3) is 4.36. The molecule has 0 aromatic heterocycles. The van der Waals surface area contributed by atoms with Crippen LogP contribution in [0.3, 0.4) is 0 Å². The molecule has 7 heteroatoms. The smallest absolute Gasteiger partial charge is 0.338 e. The first kappa shape index (κ1) is 19.5. The van der Waals surface area contributed by atoms with Crippen LogP contribution in [0.15, 0.2) is 60.7 Å². The van der Waals surface area contributed by atoms with Crippen molar-refractivity contribution in [2.75, 3.05) is 6.61 Å². The number of hydrogen-bond donors (Lipinski definition) is 0. The Hall–Kier alpha value is -2.25. The molecule has 5 nitrogen and oxygen atoms in total. The molecule has 1 aliphatic rings. The first-order valence-corrected chi connectivity index (χ1v) is 9.28. The highest BCUT2D eigenvalue weighted by molar-refractivity contribution is 9.09. The predicted octanol–water partition coefficient (Wildman–Crippen LogP) is 3.92. The van der Waals surface area contributed by atoms with Crippen LogP contribution in [0.4, 0.5) is 4.39 Å². The molecule has 27 heavy (non-hydrogen) atoms. The molecule has 3 rings (SSSR count). The summed E-state index contributed by atoms with van der Waals surface area (Å²) < 4.78 is 31.2. The maximum Gasteiger partial charge on any atom is 0.338 e. The van der Waals surface area contributed by atoms with Crippen molar-refractivity contribution in [1.82, 2.24) is 0 Å². The molecule has 0 amide bonds. The first-order valence-electron chi connectivity index (χ1n) is 8.36. The Balaban J connectivity index is 1.69. The van der Waals surface area contributed by atoms with E-state index in [4.69, 9.17) is 14.2 Å². The zero-order valence-corrected chi connectivity index (χ0v) is 16.1. The van der Waals surface area contributed by atoms with Crippen molar-refractivity contribution in [3.8, 4) is 0 Å². The highest BCUT2D eigenvalue weighted by Gasteiger charge is 2.56. The quantitative estimate of drug-likeness (QED) is 0.525. The Bertz CT molecular complexity index is 797. The standard InChI is InChI=1S/C20H18BrFO5/c1-20(22)16(27-18(24)14-10-6-3-7-11-14)15(26-19(20)21)12-25-17(23)13-8-4-2-5-9-13/h2-11,15-16,19H,12H2,1H3/t15-,16-,19?,20-/m0/s1. The third-order valence-electron chi connectivity index (χ3n) is 4.26. The van der Waals surface area contributed by atoms with Gasteiger partial charge in [0, 0.05) is 0 Å². The molecule has 0 aliphatic carbocycles. The summed E-state index contributed by atoms with van der Waals surface area (Å²) in [4.78, 5) is 24.4. The van der Waals surface area contributed by atoms with E-state index in [0.717, 1.165) is 0 Å². The number of ether oxygens (including phenoxy) is 3. The van der Waals surface area contributed by atoms with Crippen LogP contribution in [-0.4, -0.2) is 41.4 Å². The average Bonchev–Trinajstić information content (AvgIpc) is 2.90. The third-order valence-corrected chi connectivity index (χ3v) is 5.37. The molecule has 0 bridgehead atoms. The van der Waals surface area contributed by atoms with Crippen molar-refractivity contribution in [3.05, 3.63) is 71.8 Å². The summed E-state index contributed by atoms with van der Waals surface area (Å²) in [7, 11) is 0. The summed E-state index contributed by atoms with van der Waals surface area (Å²) in [6.45, 7) is 1.02. The molecule has 1 heterocycles. The van der Waals surface area contributed by atoms with E-state index in [0.29, 0.717) is 11.1 Å². The van der Waals surface area contributed by atoms with Crippen LogP contribution >= 0.6 is 15.9 Å². The zero-order valence-electron chi connectivity index (χ0n) is 14.5. The van der Waals surface area contributed by atoms with Crippen molar-refractivity contribution in [2.45, 2.75) is 29.8 Å². The highest BCUT2D eigenvalue weighted by Crippen LogP contribution is 2.40. The van der Waals surface area contributed by atoms with Crippen LogP contribution in [0.5, 0.6) is 0 Å². The van der Waals surface area contributed by atoms with Crippen molar-refractivity contribution < 1.29 is 28.2 Å². The summed E-state index contributed by atoms with van der Waals surface area (Å²) in [5.41, 5.74) is -1.33. The van der Waals surface area contributed by atoms with Crippen molar-refractivity contribution in [2.24, 2.45) is 0 Å². The van der Waals surface area contributed by atoms with E-state index in [1.54, 1.807) is 60.7 Å². The van der Waals surface area contributed by atoms with Gasteiger partial charge in [-0.2, -0.15) is 0 Å². The molecule has 0 N–H and O–H groups in total. The molecule has 0 spiro atoms. The van der Waals surface area contributed by atoms with Crippen LogP contribution < -0.4 is 0 Å². The Kier molecular flexibility index (Phi) is 5.92. The fraction of sp³-hybridized carbons (Fsp3) is 0.300. The van der Waals surface area contributed by atoms with Crippen LogP contribution in [0.2, 0.25) is 0 Å². The van der Waals surface area contributed by atoms with Gasteiger partial charge in [0.05, 0.1) is 11.1 Å². The Morgan fingerprint density at radius 2 is 1.56 bits per heavy atom. The van der Waals surface area contributed by atoms with E-state index in [2.05, 4.69) is 15.9 Å². The molecular weight excluding hydrogens is 419 g/mol. The number of hydrogen-bond acceptors (Lipinski definition) is 5. The van der Waals surface area contributed by atoms with Crippen LogP contribution in [-0.2, 0) is 14.2 Å². The average molecular weight is 437 g/mol. The summed E-state index contributed by atoms with van der Waals surface area (Å²) >= 11 is 3.11. The van der Waals surface area contributed by atoms with Gasteiger partial charge >= 0.3 is 11.9 Å². The predicted molar refractivity (Wildman–Crippen MR) is 99.5 cm³/mol. The second kappa shape index (κ2) is 8.19. The minimum atomic E-state index is -1.99. The molecule has 1 unspecified atom stereocenters. The van der Waals surface area contributed by atoms with Gasteiger partial charge < -0.3 is 14.2 Å². The molecule has 142 valence electrons. The van der Waals surface area contributed by atoms with E-state index in [1.807, 2.05) is 0 Å². The molecule has 0 saturated carbocycles. The highest BCUT2D eigenvalue weighted by atomic mass is 79.9.